The third-order valence-corrected chi connectivity index (χ3v) is 3.31. The maximum atomic E-state index is 13.3. The van der Waals surface area contributed by atoms with Crippen molar-refractivity contribution >= 4 is 29.2 Å². The average molecular weight is 338 g/mol. The summed E-state index contributed by atoms with van der Waals surface area (Å²) >= 11 is 5.90. The third-order valence-electron chi connectivity index (χ3n) is 3.07. The van der Waals surface area contributed by atoms with Crippen LogP contribution in [0.1, 0.15) is 15.9 Å². The maximum absolute atomic E-state index is 13.3. The summed E-state index contributed by atoms with van der Waals surface area (Å²) in [7, 11) is 1.48. The highest BCUT2D eigenvalue weighted by Gasteiger charge is 2.13. The molecule has 2 N–H and O–H groups in total. The van der Waals surface area contributed by atoms with E-state index in [9.17, 15) is 14.0 Å². The van der Waals surface area contributed by atoms with Crippen molar-refractivity contribution in [3.05, 3.63) is 58.4 Å². The molecule has 0 saturated heterocycles. The summed E-state index contributed by atoms with van der Waals surface area (Å²) in [6.07, 6.45) is -0.0243. The van der Waals surface area contributed by atoms with Gasteiger partial charge in [-0.2, -0.15) is 0 Å². The first-order valence-corrected chi connectivity index (χ1v) is 6.93. The van der Waals surface area contributed by atoms with Crippen molar-refractivity contribution in [2.24, 2.45) is 0 Å². The highest BCUT2D eigenvalue weighted by atomic mass is 35.5. The van der Waals surface area contributed by atoms with Crippen molar-refractivity contribution in [1.29, 1.82) is 0 Å². The fourth-order valence-electron chi connectivity index (χ4n) is 2.03. The Labute approximate surface area is 136 Å². The number of carbonyl (C=O) groups excluding carboxylic acids is 1. The molecule has 2 aromatic carbocycles. The number of halogens is 2. The summed E-state index contributed by atoms with van der Waals surface area (Å²) in [4.78, 5) is 23.0. The Kier molecular flexibility index (Phi) is 5.18. The molecule has 5 nitrogen and oxygen atoms in total. The van der Waals surface area contributed by atoms with Crippen molar-refractivity contribution in [3.8, 4) is 5.75 Å². The van der Waals surface area contributed by atoms with E-state index >= 15 is 0 Å². The number of carboxylic acid groups (broad SMARTS) is 1. The van der Waals surface area contributed by atoms with Crippen LogP contribution in [0.15, 0.2) is 36.4 Å². The smallest absolute Gasteiger partial charge is 0.338 e. The van der Waals surface area contributed by atoms with Gasteiger partial charge < -0.3 is 15.2 Å². The predicted octanol–water partition coefficient (Wildman–Crippen LogP) is 3.37. The molecule has 0 aliphatic heterocycles. The number of ether oxygens (including phenoxy) is 1. The van der Waals surface area contributed by atoms with Gasteiger partial charge in [0.15, 0.2) is 0 Å². The first-order valence-electron chi connectivity index (χ1n) is 6.56. The molecule has 0 fully saturated rings. The molecule has 0 heterocycles. The van der Waals surface area contributed by atoms with Crippen molar-refractivity contribution in [1.82, 2.24) is 0 Å². The monoisotopic (exact) mass is 337 g/mol. The minimum atomic E-state index is -1.41. The minimum absolute atomic E-state index is 0.0243. The van der Waals surface area contributed by atoms with Gasteiger partial charge in [0.2, 0.25) is 5.91 Å². The van der Waals surface area contributed by atoms with Crippen molar-refractivity contribution in [2.45, 2.75) is 6.42 Å². The number of hydrogen-bond acceptors (Lipinski definition) is 3. The summed E-state index contributed by atoms with van der Waals surface area (Å²) in [5.41, 5.74) is 0.260. The molecule has 0 aliphatic rings. The number of aromatic carboxylic acids is 1. The number of methoxy groups -OCH3 is 1. The lowest BCUT2D eigenvalue weighted by Gasteiger charge is -2.10. The number of amides is 1. The van der Waals surface area contributed by atoms with E-state index in [0.717, 1.165) is 12.1 Å². The minimum Gasteiger partial charge on any atom is -0.496 e. The fourth-order valence-corrected chi connectivity index (χ4v) is 2.23. The topological polar surface area (TPSA) is 75.6 Å². The van der Waals surface area contributed by atoms with E-state index in [1.165, 1.54) is 13.2 Å². The van der Waals surface area contributed by atoms with E-state index in [0.29, 0.717) is 16.3 Å². The van der Waals surface area contributed by atoms with Crippen LogP contribution < -0.4 is 10.1 Å². The van der Waals surface area contributed by atoms with Crippen LogP contribution in [0.3, 0.4) is 0 Å². The number of benzene rings is 2. The second kappa shape index (κ2) is 7.11. The van der Waals surface area contributed by atoms with Crippen LogP contribution in [0.25, 0.3) is 0 Å². The number of carbonyl (C=O) groups is 2. The van der Waals surface area contributed by atoms with E-state index in [4.69, 9.17) is 21.4 Å². The Morgan fingerprint density at radius 1 is 1.26 bits per heavy atom. The zero-order chi connectivity index (χ0) is 17.0. The molecular formula is C16H13ClFNO4. The van der Waals surface area contributed by atoms with Gasteiger partial charge in [-0.3, -0.25) is 4.79 Å². The maximum Gasteiger partial charge on any atom is 0.338 e. The highest BCUT2D eigenvalue weighted by molar-refractivity contribution is 6.30. The Morgan fingerprint density at radius 3 is 2.65 bits per heavy atom. The van der Waals surface area contributed by atoms with E-state index in [1.807, 2.05) is 0 Å². The number of nitrogens with one attached hydrogen (secondary N) is 1. The molecule has 0 aliphatic carbocycles. The molecule has 0 radical (unpaired) electrons. The molecule has 0 bridgehead atoms. The van der Waals surface area contributed by atoms with Gasteiger partial charge in [-0.05, 0) is 36.4 Å². The van der Waals surface area contributed by atoms with Crippen molar-refractivity contribution < 1.29 is 23.8 Å². The molecule has 0 unspecified atom stereocenters. The van der Waals surface area contributed by atoms with Crippen LogP contribution in [0.4, 0.5) is 10.1 Å². The van der Waals surface area contributed by atoms with Gasteiger partial charge >= 0.3 is 5.97 Å². The Morgan fingerprint density at radius 2 is 2.00 bits per heavy atom. The van der Waals surface area contributed by atoms with E-state index in [2.05, 4.69) is 5.32 Å². The molecule has 7 heteroatoms. The van der Waals surface area contributed by atoms with Gasteiger partial charge in [-0.1, -0.05) is 11.6 Å². The zero-order valence-electron chi connectivity index (χ0n) is 12.1. The predicted molar refractivity (Wildman–Crippen MR) is 83.7 cm³/mol. The fraction of sp³-hybridized carbons (Fsp3) is 0.125. The molecule has 23 heavy (non-hydrogen) atoms. The Bertz CT molecular complexity index is 764. The van der Waals surface area contributed by atoms with Crippen LogP contribution in [0, 0.1) is 5.82 Å². The molecule has 2 rings (SSSR count). The summed E-state index contributed by atoms with van der Waals surface area (Å²) in [6.45, 7) is 0. The van der Waals surface area contributed by atoms with Gasteiger partial charge in [0, 0.05) is 16.3 Å². The average Bonchev–Trinajstić information content (AvgIpc) is 2.49. The number of hydrogen-bond donors (Lipinski definition) is 2. The molecule has 0 spiro atoms. The molecule has 0 aromatic heterocycles. The molecule has 0 atom stereocenters. The van der Waals surface area contributed by atoms with Crippen LogP contribution >= 0.6 is 11.6 Å². The highest BCUT2D eigenvalue weighted by Crippen LogP contribution is 2.23. The number of rotatable bonds is 5. The number of anilines is 1. The summed E-state index contributed by atoms with van der Waals surface area (Å²) in [5.74, 6) is -2.18. The second-order valence-corrected chi connectivity index (χ2v) is 5.12. The first-order chi connectivity index (χ1) is 10.9. The van der Waals surface area contributed by atoms with Crippen molar-refractivity contribution in [2.75, 3.05) is 12.4 Å². The largest absolute Gasteiger partial charge is 0.496 e. The second-order valence-electron chi connectivity index (χ2n) is 4.68. The van der Waals surface area contributed by atoms with Crippen LogP contribution in [-0.4, -0.2) is 24.1 Å². The van der Waals surface area contributed by atoms with Gasteiger partial charge in [0.05, 0.1) is 19.1 Å². The number of carboxylic acids is 1. The van der Waals surface area contributed by atoms with Crippen molar-refractivity contribution in [3.63, 3.8) is 0 Å². The van der Waals surface area contributed by atoms with Crippen LogP contribution in [-0.2, 0) is 11.2 Å². The molecular weight excluding hydrogens is 325 g/mol. The third kappa shape index (κ3) is 4.20. The molecule has 1 amide bonds. The standard InChI is InChI=1S/C16H13ClFNO4/c1-23-14-5-2-10(17)6-9(14)7-15(20)19-11-3-4-13(18)12(8-11)16(21)22/h2-6,8H,7H2,1H3,(H,19,20)(H,21,22). The normalized spacial score (nSPS) is 10.2. The van der Waals surface area contributed by atoms with Gasteiger partial charge in [0.1, 0.15) is 11.6 Å². The lowest BCUT2D eigenvalue weighted by molar-refractivity contribution is -0.115. The van der Waals surface area contributed by atoms with Gasteiger partial charge in [0.25, 0.3) is 0 Å². The van der Waals surface area contributed by atoms with Gasteiger partial charge in [-0.25, -0.2) is 9.18 Å². The SMILES string of the molecule is COc1ccc(Cl)cc1CC(=O)Nc1ccc(F)c(C(=O)O)c1. The zero-order valence-corrected chi connectivity index (χ0v) is 12.9. The van der Waals surface area contributed by atoms with Crippen LogP contribution in [0.2, 0.25) is 5.02 Å². The first kappa shape index (κ1) is 16.8. The summed E-state index contributed by atoms with van der Waals surface area (Å²) < 4.78 is 18.5. The van der Waals surface area contributed by atoms with Crippen LogP contribution in [0.5, 0.6) is 5.75 Å². The lowest BCUT2D eigenvalue weighted by atomic mass is 10.1. The Hall–Kier alpha value is -2.60. The molecule has 120 valence electrons. The Balaban J connectivity index is 2.16. The van der Waals surface area contributed by atoms with E-state index < -0.39 is 23.3 Å². The molecule has 0 saturated carbocycles. The van der Waals surface area contributed by atoms with Gasteiger partial charge in [-0.15, -0.1) is 0 Å². The lowest BCUT2D eigenvalue weighted by Crippen LogP contribution is -2.15. The molecule has 2 aromatic rings. The van der Waals surface area contributed by atoms with E-state index in [-0.39, 0.29) is 12.1 Å². The van der Waals surface area contributed by atoms with E-state index in [1.54, 1.807) is 18.2 Å². The summed E-state index contributed by atoms with van der Waals surface area (Å²) in [6, 6.07) is 8.22. The summed E-state index contributed by atoms with van der Waals surface area (Å²) in [5, 5.41) is 11.9. The quantitative estimate of drug-likeness (QED) is 0.877.